The van der Waals surface area contributed by atoms with Gasteiger partial charge in [-0.1, -0.05) is 23.4 Å². The summed E-state index contributed by atoms with van der Waals surface area (Å²) >= 11 is 7.12. The number of nitrogens with one attached hydrogen (secondary N) is 3. The smallest absolute Gasteiger partial charge is 0.411 e. The van der Waals surface area contributed by atoms with Crippen LogP contribution in [0, 0.1) is 11.3 Å². The van der Waals surface area contributed by atoms with Crippen molar-refractivity contribution >= 4 is 47.0 Å². The Bertz CT molecular complexity index is 872. The Morgan fingerprint density at radius 1 is 1.24 bits per heavy atom. The lowest BCUT2D eigenvalue weighted by atomic mass is 10.1. The van der Waals surface area contributed by atoms with Gasteiger partial charge in [0.2, 0.25) is 11.9 Å². The fourth-order valence-corrected chi connectivity index (χ4v) is 2.75. The second kappa shape index (κ2) is 10.7. The van der Waals surface area contributed by atoms with Crippen molar-refractivity contribution in [1.82, 2.24) is 15.0 Å². The summed E-state index contributed by atoms with van der Waals surface area (Å²) < 4.78 is 5.15. The molecule has 154 valence electrons. The number of hydrogen-bond donors (Lipinski definition) is 3. The molecule has 0 atom stereocenters. The number of halogens is 1. The molecule has 0 saturated heterocycles. The van der Waals surface area contributed by atoms with Crippen LogP contribution in [-0.4, -0.2) is 45.5 Å². The molecule has 1 amide bonds. The third-order valence-electron chi connectivity index (χ3n) is 3.29. The summed E-state index contributed by atoms with van der Waals surface area (Å²) in [5.74, 6) is 1.15. The number of thioether (sulfide) groups is 1. The van der Waals surface area contributed by atoms with Crippen molar-refractivity contribution in [2.24, 2.45) is 0 Å². The van der Waals surface area contributed by atoms with E-state index < -0.39 is 11.6 Å². The number of benzene rings is 1. The maximum atomic E-state index is 11.8. The van der Waals surface area contributed by atoms with Gasteiger partial charge in [-0.05, 0) is 45.0 Å². The van der Waals surface area contributed by atoms with Crippen LogP contribution in [0.3, 0.4) is 0 Å². The molecule has 0 unspecified atom stereocenters. The van der Waals surface area contributed by atoms with Crippen LogP contribution >= 0.6 is 23.4 Å². The molecule has 0 fully saturated rings. The Labute approximate surface area is 178 Å². The van der Waals surface area contributed by atoms with Gasteiger partial charge in [0.1, 0.15) is 12.1 Å². The Morgan fingerprint density at radius 2 is 1.93 bits per heavy atom. The summed E-state index contributed by atoms with van der Waals surface area (Å²) in [6.45, 7) is 6.19. The van der Waals surface area contributed by atoms with Crippen molar-refractivity contribution in [3.05, 3.63) is 29.3 Å². The van der Waals surface area contributed by atoms with Crippen molar-refractivity contribution in [2.75, 3.05) is 34.9 Å². The Morgan fingerprint density at radius 3 is 2.59 bits per heavy atom. The number of ether oxygens (including phenoxy) is 1. The largest absolute Gasteiger partial charge is 0.448 e. The number of carbonyl (C=O) groups excluding carboxylic acids is 1. The molecule has 3 N–H and O–H groups in total. The Hall–Kier alpha value is -2.77. The Balaban J connectivity index is 1.88. The summed E-state index contributed by atoms with van der Waals surface area (Å²) in [7, 11) is 0. The first-order valence-corrected chi connectivity index (χ1v) is 10.2. The normalized spacial score (nSPS) is 10.7. The standard InChI is InChI=1S/C18H22ClN7O2S/c1-4-21-14-23-15(26-18(2,3)11-20)25-16(24-14)29-10-9-28-17(27)22-13-7-5-12(19)6-8-13/h5-8H,4,9-10H2,1-3H3,(H,22,27)(H2,21,23,24,25,26). The van der Waals surface area contributed by atoms with Crippen LogP contribution in [0.4, 0.5) is 22.4 Å². The lowest BCUT2D eigenvalue weighted by molar-refractivity contribution is 0.169. The minimum Gasteiger partial charge on any atom is -0.448 e. The van der Waals surface area contributed by atoms with E-state index in [0.29, 0.717) is 40.1 Å². The first-order valence-electron chi connectivity index (χ1n) is 8.83. The van der Waals surface area contributed by atoms with Crippen molar-refractivity contribution in [3.8, 4) is 6.07 Å². The molecule has 2 rings (SSSR count). The maximum absolute atomic E-state index is 11.8. The zero-order chi connectivity index (χ0) is 21.3. The zero-order valence-electron chi connectivity index (χ0n) is 16.3. The number of nitriles is 1. The topological polar surface area (TPSA) is 125 Å². The number of hydrogen-bond acceptors (Lipinski definition) is 9. The zero-order valence-corrected chi connectivity index (χ0v) is 17.9. The second-order valence-corrected chi connectivity index (χ2v) is 7.77. The first-order chi connectivity index (χ1) is 13.8. The van der Waals surface area contributed by atoms with Crippen molar-refractivity contribution in [3.63, 3.8) is 0 Å². The van der Waals surface area contributed by atoms with Crippen LogP contribution in [0.2, 0.25) is 5.02 Å². The highest BCUT2D eigenvalue weighted by atomic mass is 35.5. The second-order valence-electron chi connectivity index (χ2n) is 6.27. The van der Waals surface area contributed by atoms with Gasteiger partial charge >= 0.3 is 6.09 Å². The highest BCUT2D eigenvalue weighted by Crippen LogP contribution is 2.19. The number of nitrogens with zero attached hydrogens (tertiary/aromatic N) is 4. The molecule has 1 aromatic carbocycles. The molecule has 9 nitrogen and oxygen atoms in total. The average molecular weight is 436 g/mol. The third-order valence-corrected chi connectivity index (χ3v) is 4.36. The summed E-state index contributed by atoms with van der Waals surface area (Å²) in [6, 6.07) is 8.86. The SMILES string of the molecule is CCNc1nc(NC(C)(C)C#N)nc(SCCOC(=O)Nc2ccc(Cl)cc2)n1. The van der Waals surface area contributed by atoms with Crippen LogP contribution in [-0.2, 0) is 4.74 Å². The predicted octanol–water partition coefficient (Wildman–Crippen LogP) is 4.01. The van der Waals surface area contributed by atoms with E-state index in [2.05, 4.69) is 37.0 Å². The number of carbonyl (C=O) groups is 1. The van der Waals surface area contributed by atoms with Gasteiger partial charge in [0.05, 0.1) is 6.07 Å². The Kier molecular flexibility index (Phi) is 8.30. The van der Waals surface area contributed by atoms with Crippen LogP contribution in [0.1, 0.15) is 20.8 Å². The molecule has 0 bridgehead atoms. The molecule has 0 spiro atoms. The molecule has 0 aliphatic carbocycles. The summed E-state index contributed by atoms with van der Waals surface area (Å²) in [4.78, 5) is 24.7. The number of aromatic nitrogens is 3. The predicted molar refractivity (Wildman–Crippen MR) is 114 cm³/mol. The number of rotatable bonds is 9. The van der Waals surface area contributed by atoms with Crippen LogP contribution in [0.15, 0.2) is 29.4 Å². The summed E-state index contributed by atoms with van der Waals surface area (Å²) in [5.41, 5.74) is -0.231. The van der Waals surface area contributed by atoms with E-state index in [1.807, 2.05) is 6.92 Å². The van der Waals surface area contributed by atoms with Crippen molar-refractivity contribution in [2.45, 2.75) is 31.5 Å². The summed E-state index contributed by atoms with van der Waals surface area (Å²) in [5, 5.41) is 18.8. The van der Waals surface area contributed by atoms with Crippen LogP contribution < -0.4 is 16.0 Å². The first kappa shape index (κ1) is 22.5. The number of anilines is 3. The quantitative estimate of drug-likeness (QED) is 0.395. The molecular formula is C18H22ClN7O2S. The van der Waals surface area contributed by atoms with Gasteiger partial charge in [-0.3, -0.25) is 5.32 Å². The molecule has 29 heavy (non-hydrogen) atoms. The van der Waals surface area contributed by atoms with Crippen LogP contribution in [0.5, 0.6) is 0 Å². The van der Waals surface area contributed by atoms with Gasteiger partial charge < -0.3 is 15.4 Å². The van der Waals surface area contributed by atoms with Gasteiger partial charge in [0.15, 0.2) is 5.16 Å². The maximum Gasteiger partial charge on any atom is 0.411 e. The fourth-order valence-electron chi connectivity index (χ4n) is 1.98. The molecule has 1 heterocycles. The minimum absolute atomic E-state index is 0.165. The van der Waals surface area contributed by atoms with Gasteiger partial charge in [0, 0.05) is 23.0 Å². The van der Waals surface area contributed by atoms with Gasteiger partial charge in [-0.25, -0.2) is 4.79 Å². The third kappa shape index (κ3) is 8.01. The fraction of sp³-hybridized carbons (Fsp3) is 0.389. The van der Waals surface area contributed by atoms with E-state index in [0.717, 1.165) is 0 Å². The van der Waals surface area contributed by atoms with Gasteiger partial charge in [-0.15, -0.1) is 0 Å². The molecular weight excluding hydrogens is 414 g/mol. The molecule has 11 heteroatoms. The highest BCUT2D eigenvalue weighted by Gasteiger charge is 2.19. The molecule has 0 aliphatic heterocycles. The molecule has 0 saturated carbocycles. The van der Waals surface area contributed by atoms with Gasteiger partial charge in [-0.2, -0.15) is 20.2 Å². The summed E-state index contributed by atoms with van der Waals surface area (Å²) in [6.07, 6.45) is -0.560. The van der Waals surface area contributed by atoms with E-state index >= 15 is 0 Å². The molecule has 2 aromatic rings. The van der Waals surface area contributed by atoms with E-state index in [-0.39, 0.29) is 6.61 Å². The molecule has 0 aliphatic rings. The van der Waals surface area contributed by atoms with E-state index in [9.17, 15) is 10.1 Å². The number of amides is 1. The van der Waals surface area contributed by atoms with E-state index in [1.54, 1.807) is 38.1 Å². The van der Waals surface area contributed by atoms with Gasteiger partial charge in [0.25, 0.3) is 0 Å². The lowest BCUT2D eigenvalue weighted by Crippen LogP contribution is -2.30. The van der Waals surface area contributed by atoms with E-state index in [4.69, 9.17) is 16.3 Å². The van der Waals surface area contributed by atoms with Crippen LogP contribution in [0.25, 0.3) is 0 Å². The minimum atomic E-state index is -0.824. The lowest BCUT2D eigenvalue weighted by Gasteiger charge is -2.18. The van der Waals surface area contributed by atoms with Crippen molar-refractivity contribution in [1.29, 1.82) is 5.26 Å². The average Bonchev–Trinajstić information content (AvgIpc) is 2.67. The highest BCUT2D eigenvalue weighted by molar-refractivity contribution is 7.99. The van der Waals surface area contributed by atoms with E-state index in [1.165, 1.54) is 11.8 Å². The van der Waals surface area contributed by atoms with Crippen molar-refractivity contribution < 1.29 is 9.53 Å². The molecule has 1 aromatic heterocycles. The molecule has 0 radical (unpaired) electrons. The monoisotopic (exact) mass is 435 g/mol.